The van der Waals surface area contributed by atoms with Crippen LogP contribution < -0.4 is 9.62 Å². The van der Waals surface area contributed by atoms with Crippen molar-refractivity contribution in [2.75, 3.05) is 19.6 Å². The van der Waals surface area contributed by atoms with E-state index >= 15 is 0 Å². The summed E-state index contributed by atoms with van der Waals surface area (Å²) in [6, 6.07) is 0. The van der Waals surface area contributed by atoms with Crippen LogP contribution in [0.3, 0.4) is 0 Å². The molecule has 0 aromatic rings. The number of carbonyl (C=O) groups excluding carboxylic acids is 2. The summed E-state index contributed by atoms with van der Waals surface area (Å²) in [5, 5.41) is 0. The van der Waals surface area contributed by atoms with Crippen molar-refractivity contribution in [2.45, 2.75) is 34.1 Å². The monoisotopic (exact) mass is 282 g/mol. The van der Waals surface area contributed by atoms with E-state index in [0.717, 1.165) is 11.6 Å². The van der Waals surface area contributed by atoms with Crippen molar-refractivity contribution in [3.8, 4) is 0 Å². The van der Waals surface area contributed by atoms with Gasteiger partial charge < -0.3 is 9.45 Å². The van der Waals surface area contributed by atoms with Gasteiger partial charge in [-0.15, -0.1) is 0 Å². The maximum Gasteiger partial charge on any atom is 0.240 e. The Morgan fingerprint density at radius 1 is 1.11 bits per heavy atom. The average Bonchev–Trinajstić information content (AvgIpc) is 2.16. The molecule has 0 saturated carbocycles. The summed E-state index contributed by atoms with van der Waals surface area (Å²) in [6.45, 7) is 11.6. The number of carbonyl (C=O) groups is 2. The Balaban J connectivity index is 0. The highest BCUT2D eigenvalue weighted by atomic mass is 32.2. The molecule has 0 aromatic heterocycles. The predicted molar refractivity (Wildman–Crippen MR) is 65.7 cm³/mol. The number of hydrogen-bond donors (Lipinski definition) is 2. The van der Waals surface area contributed by atoms with E-state index in [1.54, 1.807) is 4.90 Å². The molecule has 0 bridgehead atoms. The summed E-state index contributed by atoms with van der Waals surface area (Å²) >= 11 is 0. The molecule has 18 heavy (non-hydrogen) atoms. The molecule has 2 N–H and O–H groups in total. The zero-order valence-electron chi connectivity index (χ0n) is 11.3. The van der Waals surface area contributed by atoms with Crippen molar-refractivity contribution in [2.24, 2.45) is 0 Å². The van der Waals surface area contributed by atoms with Crippen molar-refractivity contribution >= 4 is 22.0 Å². The summed E-state index contributed by atoms with van der Waals surface area (Å²) in [5.41, 5.74) is 0. The number of hydrogen-bond acceptors (Lipinski definition) is 5. The van der Waals surface area contributed by atoms with Gasteiger partial charge in [0.2, 0.25) is 5.91 Å². The van der Waals surface area contributed by atoms with E-state index in [0.29, 0.717) is 0 Å². The van der Waals surface area contributed by atoms with Crippen molar-refractivity contribution in [3.63, 3.8) is 0 Å². The number of Topliss-reactive ketones (excluding diaryl/α,β-unsaturated/α-hetero) is 1. The first-order valence-electron chi connectivity index (χ1n) is 5.75. The van der Waals surface area contributed by atoms with Gasteiger partial charge in [0, 0.05) is 0 Å². The molecule has 0 atom stereocenters. The molecule has 0 radical (unpaired) electrons. The molecule has 0 aliphatic heterocycles. The number of quaternary nitrogens is 1. The molecule has 7 nitrogen and oxygen atoms in total. The Labute approximate surface area is 108 Å². The van der Waals surface area contributed by atoms with Crippen molar-refractivity contribution < 1.29 is 27.5 Å². The Hall–Kier alpha value is -0.990. The van der Waals surface area contributed by atoms with Gasteiger partial charge in [-0.25, -0.2) is 8.42 Å². The fourth-order valence-electron chi connectivity index (χ4n) is 1.15. The maximum atomic E-state index is 10.4. The normalized spacial score (nSPS) is 10.6. The second-order valence-electron chi connectivity index (χ2n) is 3.67. The van der Waals surface area contributed by atoms with Gasteiger partial charge in [-0.3, -0.25) is 14.3 Å². The molecule has 0 unspecified atom stereocenters. The molecule has 108 valence electrons. The zero-order valence-corrected chi connectivity index (χ0v) is 12.1. The minimum atomic E-state index is -4.77. The first-order chi connectivity index (χ1) is 8.16. The molecule has 0 aliphatic carbocycles. The Morgan fingerprint density at radius 3 is 1.67 bits per heavy atom. The SMILES string of the molecule is CC(=O)CC(=O)NS(=O)(=O)[O-].CC[NH+](CC)CC. The van der Waals surface area contributed by atoms with Gasteiger partial charge in [-0.05, 0) is 27.7 Å². The summed E-state index contributed by atoms with van der Waals surface area (Å²) < 4.78 is 30.6. The Kier molecular flexibility index (Phi) is 10.7. The topological polar surface area (TPSA) is 108 Å². The standard InChI is InChI=1S/C6H15N.C4H7NO5S/c1-4-7(5-2)6-3;1-3(6)2-4(7)5-11(8,9)10/h4-6H2,1-3H3;2H2,1H3,(H,5,7)(H,8,9,10). The third-order valence-electron chi connectivity index (χ3n) is 2.15. The highest BCUT2D eigenvalue weighted by Gasteiger charge is 2.06. The first kappa shape index (κ1) is 19.4. The van der Waals surface area contributed by atoms with Crippen LogP contribution >= 0.6 is 0 Å². The van der Waals surface area contributed by atoms with E-state index in [4.69, 9.17) is 0 Å². The molecule has 0 fully saturated rings. The molecule has 0 aliphatic rings. The number of amides is 1. The summed E-state index contributed by atoms with van der Waals surface area (Å²) in [6.07, 6.45) is -0.596. The molecule has 0 heterocycles. The van der Waals surface area contributed by atoms with Gasteiger partial charge in [0.15, 0.2) is 10.3 Å². The lowest BCUT2D eigenvalue weighted by Gasteiger charge is -2.10. The lowest BCUT2D eigenvalue weighted by atomic mass is 10.3. The summed E-state index contributed by atoms with van der Waals surface area (Å²) in [7, 11) is -4.77. The highest BCUT2D eigenvalue weighted by Crippen LogP contribution is 1.83. The Morgan fingerprint density at radius 2 is 1.50 bits per heavy atom. The zero-order chi connectivity index (χ0) is 14.8. The van der Waals surface area contributed by atoms with E-state index in [1.807, 2.05) is 0 Å². The van der Waals surface area contributed by atoms with Gasteiger partial charge in [-0.2, -0.15) is 0 Å². The van der Waals surface area contributed by atoms with Crippen LogP contribution in [0.15, 0.2) is 0 Å². The van der Waals surface area contributed by atoms with Gasteiger partial charge in [-0.1, -0.05) is 0 Å². The molecule has 8 heteroatoms. The van der Waals surface area contributed by atoms with Crippen LogP contribution in [-0.2, 0) is 19.9 Å². The van der Waals surface area contributed by atoms with Gasteiger partial charge in [0.1, 0.15) is 5.78 Å². The predicted octanol–water partition coefficient (Wildman–Crippen LogP) is -1.53. The number of nitrogens with one attached hydrogen (secondary N) is 2. The van der Waals surface area contributed by atoms with E-state index in [1.165, 1.54) is 19.6 Å². The van der Waals surface area contributed by atoms with Crippen molar-refractivity contribution in [3.05, 3.63) is 0 Å². The highest BCUT2D eigenvalue weighted by molar-refractivity contribution is 7.84. The molecule has 0 rings (SSSR count). The first-order valence-corrected chi connectivity index (χ1v) is 7.16. The van der Waals surface area contributed by atoms with Crippen LogP contribution in [0, 0.1) is 0 Å². The number of rotatable bonds is 6. The van der Waals surface area contributed by atoms with Crippen LogP contribution in [0.2, 0.25) is 0 Å². The average molecular weight is 282 g/mol. The third kappa shape index (κ3) is 15.0. The van der Waals surface area contributed by atoms with Gasteiger partial charge in [0.05, 0.1) is 26.1 Å². The lowest BCUT2D eigenvalue weighted by Crippen LogP contribution is -3.11. The lowest BCUT2D eigenvalue weighted by molar-refractivity contribution is -0.894. The van der Waals surface area contributed by atoms with E-state index in [2.05, 4.69) is 20.8 Å². The van der Waals surface area contributed by atoms with Gasteiger partial charge >= 0.3 is 0 Å². The third-order valence-corrected chi connectivity index (χ3v) is 2.63. The van der Waals surface area contributed by atoms with Crippen LogP contribution in [0.1, 0.15) is 34.1 Å². The van der Waals surface area contributed by atoms with Crippen LogP contribution in [0.5, 0.6) is 0 Å². The van der Waals surface area contributed by atoms with Crippen LogP contribution in [0.25, 0.3) is 0 Å². The van der Waals surface area contributed by atoms with E-state index in [-0.39, 0.29) is 0 Å². The minimum Gasteiger partial charge on any atom is -0.731 e. The van der Waals surface area contributed by atoms with Crippen molar-refractivity contribution in [1.82, 2.24) is 4.72 Å². The molecular formula is C10H22N2O5S. The summed E-state index contributed by atoms with van der Waals surface area (Å²) in [5.74, 6) is -1.61. The van der Waals surface area contributed by atoms with E-state index < -0.39 is 28.4 Å². The summed E-state index contributed by atoms with van der Waals surface area (Å²) in [4.78, 5) is 22.2. The van der Waals surface area contributed by atoms with Crippen LogP contribution in [0.4, 0.5) is 0 Å². The van der Waals surface area contributed by atoms with Crippen LogP contribution in [-0.4, -0.2) is 44.3 Å². The molecule has 0 spiro atoms. The molecule has 1 amide bonds. The largest absolute Gasteiger partial charge is 0.731 e. The van der Waals surface area contributed by atoms with E-state index in [9.17, 15) is 22.6 Å². The fraction of sp³-hybridized carbons (Fsp3) is 0.800. The number of ketones is 1. The quantitative estimate of drug-likeness (QED) is 0.454. The smallest absolute Gasteiger partial charge is 0.240 e. The second-order valence-corrected chi connectivity index (χ2v) is 4.78. The minimum absolute atomic E-state index is 0.508. The molecular weight excluding hydrogens is 260 g/mol. The molecule has 0 aromatic carbocycles. The fourth-order valence-corrected chi connectivity index (χ4v) is 1.50. The van der Waals surface area contributed by atoms with Gasteiger partial charge in [0.25, 0.3) is 0 Å². The maximum absolute atomic E-state index is 10.4. The Bertz CT molecular complexity index is 344. The second kappa shape index (κ2) is 9.98. The van der Waals surface area contributed by atoms with Crippen molar-refractivity contribution in [1.29, 1.82) is 0 Å². The molecule has 0 saturated heterocycles.